The maximum atomic E-state index is 11.5. The highest BCUT2D eigenvalue weighted by Crippen LogP contribution is 2.05. The molecule has 2 aromatic carbocycles. The highest BCUT2D eigenvalue weighted by atomic mass is 127. The van der Waals surface area contributed by atoms with Crippen LogP contribution in [-0.4, -0.2) is 37.9 Å². The van der Waals surface area contributed by atoms with Crippen molar-refractivity contribution in [2.24, 2.45) is 4.99 Å². The fraction of sp³-hybridized carbons (Fsp3) is 0.263. The molecule has 25 heavy (non-hydrogen) atoms. The molecule has 0 radical (unpaired) electrons. The zero-order chi connectivity index (χ0) is 17.4. The summed E-state index contributed by atoms with van der Waals surface area (Å²) in [5.74, 6) is 0.752. The number of hydrogen-bond acceptors (Lipinski definition) is 2. The molecule has 0 aliphatic carbocycles. The van der Waals surface area contributed by atoms with Gasteiger partial charge in [0.1, 0.15) is 0 Å². The molecule has 6 heteroatoms. The van der Waals surface area contributed by atoms with Crippen LogP contribution in [0.25, 0.3) is 0 Å². The predicted molar refractivity (Wildman–Crippen MR) is 113 cm³/mol. The average molecular weight is 452 g/mol. The number of carbonyl (C=O) groups excluding carboxylic acids is 1. The van der Waals surface area contributed by atoms with Crippen LogP contribution in [0.5, 0.6) is 0 Å². The third-order valence-electron chi connectivity index (χ3n) is 3.57. The summed E-state index contributed by atoms with van der Waals surface area (Å²) in [5, 5.41) is 5.96. The number of rotatable bonds is 5. The monoisotopic (exact) mass is 452 g/mol. The minimum Gasteiger partial charge on any atom is -0.355 e. The van der Waals surface area contributed by atoms with Gasteiger partial charge < -0.3 is 15.5 Å². The standard InChI is InChI=1S/C19H24N4O.HI/c1-20-18(24)17-11-9-16(10-12-17)14-22-19(23(2)3)21-13-15-7-5-4-6-8-15;/h4-12H,13-14H2,1-3H3,(H,20,24)(H,21,22);1H. The fourth-order valence-corrected chi connectivity index (χ4v) is 2.20. The minimum absolute atomic E-state index is 0. The van der Waals surface area contributed by atoms with Crippen molar-refractivity contribution < 1.29 is 4.79 Å². The van der Waals surface area contributed by atoms with E-state index in [1.54, 1.807) is 7.05 Å². The molecule has 0 saturated carbocycles. The van der Waals surface area contributed by atoms with Crippen molar-refractivity contribution in [1.29, 1.82) is 0 Å². The van der Waals surface area contributed by atoms with E-state index >= 15 is 0 Å². The van der Waals surface area contributed by atoms with E-state index in [1.807, 2.05) is 61.5 Å². The Morgan fingerprint density at radius 2 is 1.64 bits per heavy atom. The number of benzene rings is 2. The van der Waals surface area contributed by atoms with Crippen LogP contribution in [0.15, 0.2) is 59.6 Å². The molecule has 0 fully saturated rings. The van der Waals surface area contributed by atoms with Gasteiger partial charge in [-0.05, 0) is 23.3 Å². The molecule has 0 unspecified atom stereocenters. The molecule has 2 N–H and O–H groups in total. The topological polar surface area (TPSA) is 56.7 Å². The second-order valence-electron chi connectivity index (χ2n) is 5.65. The zero-order valence-corrected chi connectivity index (χ0v) is 17.2. The molecule has 0 spiro atoms. The van der Waals surface area contributed by atoms with E-state index in [4.69, 9.17) is 0 Å². The van der Waals surface area contributed by atoms with Crippen LogP contribution in [0, 0.1) is 0 Å². The van der Waals surface area contributed by atoms with Crippen molar-refractivity contribution in [2.45, 2.75) is 13.1 Å². The van der Waals surface area contributed by atoms with Gasteiger partial charge in [0.05, 0.1) is 6.54 Å². The number of nitrogens with one attached hydrogen (secondary N) is 2. The lowest BCUT2D eigenvalue weighted by molar-refractivity contribution is 0.0963. The molecule has 0 aliphatic rings. The Morgan fingerprint density at radius 3 is 2.20 bits per heavy atom. The molecular formula is C19H25IN4O. The van der Waals surface area contributed by atoms with E-state index in [0.29, 0.717) is 18.7 Å². The number of aliphatic imine (C=N–C) groups is 1. The van der Waals surface area contributed by atoms with Gasteiger partial charge in [0.25, 0.3) is 5.91 Å². The van der Waals surface area contributed by atoms with Gasteiger partial charge >= 0.3 is 0 Å². The lowest BCUT2D eigenvalue weighted by Gasteiger charge is -2.18. The van der Waals surface area contributed by atoms with Gasteiger partial charge in [0.2, 0.25) is 0 Å². The second-order valence-corrected chi connectivity index (χ2v) is 5.65. The van der Waals surface area contributed by atoms with E-state index in [-0.39, 0.29) is 29.9 Å². The Morgan fingerprint density at radius 1 is 1.00 bits per heavy atom. The van der Waals surface area contributed by atoms with Crippen molar-refractivity contribution in [3.05, 3.63) is 71.3 Å². The number of nitrogens with zero attached hydrogens (tertiary/aromatic N) is 2. The summed E-state index contributed by atoms with van der Waals surface area (Å²) in [7, 11) is 5.56. The Kier molecular flexibility index (Phi) is 8.98. The van der Waals surface area contributed by atoms with Gasteiger partial charge in [-0.15, -0.1) is 24.0 Å². The first-order valence-corrected chi connectivity index (χ1v) is 7.90. The van der Waals surface area contributed by atoms with Crippen molar-refractivity contribution in [3.63, 3.8) is 0 Å². The van der Waals surface area contributed by atoms with E-state index in [9.17, 15) is 4.79 Å². The van der Waals surface area contributed by atoms with Gasteiger partial charge in [0.15, 0.2) is 5.96 Å². The molecule has 0 heterocycles. The van der Waals surface area contributed by atoms with E-state index in [1.165, 1.54) is 5.56 Å². The maximum absolute atomic E-state index is 11.5. The van der Waals surface area contributed by atoms with Crippen molar-refractivity contribution in [1.82, 2.24) is 15.5 Å². The highest BCUT2D eigenvalue weighted by molar-refractivity contribution is 14.0. The smallest absolute Gasteiger partial charge is 0.251 e. The van der Waals surface area contributed by atoms with E-state index < -0.39 is 0 Å². The van der Waals surface area contributed by atoms with Gasteiger partial charge in [-0.1, -0.05) is 42.5 Å². The molecule has 0 atom stereocenters. The predicted octanol–water partition coefficient (Wildman–Crippen LogP) is 2.87. The second kappa shape index (κ2) is 10.7. The van der Waals surface area contributed by atoms with Crippen LogP contribution in [0.3, 0.4) is 0 Å². The summed E-state index contributed by atoms with van der Waals surface area (Å²) < 4.78 is 0. The lowest BCUT2D eigenvalue weighted by atomic mass is 10.1. The summed E-state index contributed by atoms with van der Waals surface area (Å²) in [6.45, 7) is 1.29. The molecule has 2 rings (SSSR count). The SMILES string of the molecule is CNC(=O)c1ccc(CNC(=NCc2ccccc2)N(C)C)cc1.I. The van der Waals surface area contributed by atoms with E-state index in [0.717, 1.165) is 11.5 Å². The van der Waals surface area contributed by atoms with Gasteiger partial charge in [-0.3, -0.25) is 4.79 Å². The molecule has 2 aromatic rings. The Balaban J connectivity index is 0.00000312. The summed E-state index contributed by atoms with van der Waals surface area (Å²) >= 11 is 0. The minimum atomic E-state index is -0.0760. The van der Waals surface area contributed by atoms with E-state index in [2.05, 4.69) is 27.8 Å². The van der Waals surface area contributed by atoms with Crippen LogP contribution < -0.4 is 10.6 Å². The molecule has 0 saturated heterocycles. The van der Waals surface area contributed by atoms with Crippen LogP contribution in [-0.2, 0) is 13.1 Å². The van der Waals surface area contributed by atoms with Gasteiger partial charge in [0, 0.05) is 33.3 Å². The quantitative estimate of drug-likeness (QED) is 0.417. The Bertz CT molecular complexity index is 684. The van der Waals surface area contributed by atoms with Crippen molar-refractivity contribution in [3.8, 4) is 0 Å². The first-order chi connectivity index (χ1) is 11.6. The molecule has 0 aromatic heterocycles. The molecule has 0 bridgehead atoms. The first-order valence-electron chi connectivity index (χ1n) is 7.90. The number of guanidine groups is 1. The third kappa shape index (κ3) is 6.74. The number of amides is 1. The van der Waals surface area contributed by atoms with Crippen LogP contribution >= 0.6 is 24.0 Å². The summed E-state index contributed by atoms with van der Waals surface area (Å²) in [6.07, 6.45) is 0. The van der Waals surface area contributed by atoms with Crippen molar-refractivity contribution in [2.75, 3.05) is 21.1 Å². The number of carbonyl (C=O) groups is 1. The third-order valence-corrected chi connectivity index (χ3v) is 3.57. The summed E-state index contributed by atoms with van der Waals surface area (Å²) in [4.78, 5) is 18.1. The normalized spacial score (nSPS) is 10.6. The van der Waals surface area contributed by atoms with Crippen LogP contribution in [0.2, 0.25) is 0 Å². The van der Waals surface area contributed by atoms with Gasteiger partial charge in [-0.25, -0.2) is 4.99 Å². The fourth-order valence-electron chi connectivity index (χ4n) is 2.20. The van der Waals surface area contributed by atoms with Gasteiger partial charge in [-0.2, -0.15) is 0 Å². The lowest BCUT2D eigenvalue weighted by Crippen LogP contribution is -2.36. The summed E-state index contributed by atoms with van der Waals surface area (Å²) in [5.41, 5.74) is 2.93. The van der Waals surface area contributed by atoms with Crippen LogP contribution in [0.1, 0.15) is 21.5 Å². The Hall–Kier alpha value is -2.09. The first kappa shape index (κ1) is 21.0. The zero-order valence-electron chi connectivity index (χ0n) is 14.8. The van der Waals surface area contributed by atoms with Crippen LogP contribution in [0.4, 0.5) is 0 Å². The number of halogens is 1. The molecule has 134 valence electrons. The molecule has 5 nitrogen and oxygen atoms in total. The molecular weight excluding hydrogens is 427 g/mol. The summed E-state index contributed by atoms with van der Waals surface area (Å²) in [6, 6.07) is 17.7. The average Bonchev–Trinajstić information content (AvgIpc) is 2.62. The highest BCUT2D eigenvalue weighted by Gasteiger charge is 2.04. The molecule has 1 amide bonds. The maximum Gasteiger partial charge on any atom is 0.251 e. The van der Waals surface area contributed by atoms with Crippen molar-refractivity contribution >= 4 is 35.8 Å². The Labute approximate surface area is 166 Å². The molecule has 0 aliphatic heterocycles. The number of hydrogen-bond donors (Lipinski definition) is 2. The largest absolute Gasteiger partial charge is 0.355 e.